The molecule has 10 heteroatoms. The van der Waals surface area contributed by atoms with Crippen molar-refractivity contribution in [3.8, 4) is 0 Å². The van der Waals surface area contributed by atoms with Gasteiger partial charge in [-0.05, 0) is 54.4 Å². The van der Waals surface area contributed by atoms with Crippen LogP contribution in [0.3, 0.4) is 0 Å². The predicted molar refractivity (Wildman–Crippen MR) is 104 cm³/mol. The topological polar surface area (TPSA) is 114 Å². The predicted octanol–water partition coefficient (Wildman–Crippen LogP) is 2.51. The molecule has 0 radical (unpaired) electrons. The molecule has 0 saturated carbocycles. The third-order valence-corrected chi connectivity index (χ3v) is 3.90. The van der Waals surface area contributed by atoms with E-state index in [1.165, 1.54) is 12.0 Å². The van der Waals surface area contributed by atoms with Gasteiger partial charge in [0, 0.05) is 19.1 Å². The molecule has 1 aliphatic heterocycles. The van der Waals surface area contributed by atoms with Crippen molar-refractivity contribution >= 4 is 24.2 Å². The maximum absolute atomic E-state index is 12.8. The Labute approximate surface area is 171 Å². The Balaban J connectivity index is 2.84. The number of nitrogens with one attached hydrogen (secondary N) is 1. The molecule has 0 bridgehead atoms. The lowest BCUT2D eigenvalue weighted by Crippen LogP contribution is -2.54. The average Bonchev–Trinajstić information content (AvgIpc) is 2.57. The summed E-state index contributed by atoms with van der Waals surface area (Å²) in [5.41, 5.74) is -1.50. The summed E-state index contributed by atoms with van der Waals surface area (Å²) in [7, 11) is 1.30. The molecular formula is C19H33N3O7. The van der Waals surface area contributed by atoms with E-state index in [4.69, 9.17) is 14.2 Å². The number of imide groups is 1. The summed E-state index contributed by atoms with van der Waals surface area (Å²) in [5.74, 6) is -0.610. The normalized spacial score (nSPS) is 15.3. The summed E-state index contributed by atoms with van der Waals surface area (Å²) < 4.78 is 15.2. The summed E-state index contributed by atoms with van der Waals surface area (Å²) in [6.45, 7) is 10.5. The average molecular weight is 415 g/mol. The van der Waals surface area contributed by atoms with Crippen LogP contribution in [-0.2, 0) is 19.0 Å². The maximum Gasteiger partial charge on any atom is 0.417 e. The van der Waals surface area contributed by atoms with E-state index in [0.29, 0.717) is 25.9 Å². The molecule has 1 rings (SSSR count). The third-order valence-electron chi connectivity index (χ3n) is 3.90. The highest BCUT2D eigenvalue weighted by Crippen LogP contribution is 2.20. The first-order valence-corrected chi connectivity index (χ1v) is 9.58. The number of hydrogen-bond donors (Lipinski definition) is 1. The Morgan fingerprint density at radius 2 is 1.48 bits per heavy atom. The van der Waals surface area contributed by atoms with Crippen molar-refractivity contribution in [3.05, 3.63) is 0 Å². The van der Waals surface area contributed by atoms with E-state index in [9.17, 15) is 19.2 Å². The zero-order valence-electron chi connectivity index (χ0n) is 18.4. The Hall–Kier alpha value is -2.52. The van der Waals surface area contributed by atoms with Gasteiger partial charge in [0.2, 0.25) is 0 Å². The Kier molecular flexibility index (Phi) is 8.28. The number of carbonyl (C=O) groups excluding carboxylic acids is 4. The van der Waals surface area contributed by atoms with Gasteiger partial charge in [0.15, 0.2) is 0 Å². The molecule has 1 saturated heterocycles. The lowest BCUT2D eigenvalue weighted by molar-refractivity contribution is -0.132. The van der Waals surface area contributed by atoms with Gasteiger partial charge in [-0.1, -0.05) is 0 Å². The van der Waals surface area contributed by atoms with Crippen molar-refractivity contribution in [3.63, 3.8) is 0 Å². The van der Waals surface area contributed by atoms with Gasteiger partial charge in [-0.25, -0.2) is 19.3 Å². The van der Waals surface area contributed by atoms with Crippen molar-refractivity contribution in [1.29, 1.82) is 0 Å². The number of ether oxygens (including phenoxy) is 3. The highest BCUT2D eigenvalue weighted by Gasteiger charge is 2.36. The van der Waals surface area contributed by atoms with Gasteiger partial charge in [-0.15, -0.1) is 0 Å². The van der Waals surface area contributed by atoms with Gasteiger partial charge in [0.25, 0.3) is 5.91 Å². The number of carbonyl (C=O) groups is 4. The zero-order valence-corrected chi connectivity index (χ0v) is 18.4. The summed E-state index contributed by atoms with van der Waals surface area (Å²) >= 11 is 0. The van der Waals surface area contributed by atoms with Crippen LogP contribution in [0.1, 0.15) is 54.4 Å². The van der Waals surface area contributed by atoms with Gasteiger partial charge in [-0.3, -0.25) is 4.79 Å². The van der Waals surface area contributed by atoms with Crippen molar-refractivity contribution < 1.29 is 33.4 Å². The number of methoxy groups -OCH3 is 1. The SMILES string of the molecule is COC(=O)N1CCC(N(C(=O)CNC(=O)OC(C)(C)C)C(=O)OC(C)(C)C)CC1. The summed E-state index contributed by atoms with van der Waals surface area (Å²) in [6.07, 6.45) is -1.23. The van der Waals surface area contributed by atoms with Crippen LogP contribution in [0.4, 0.5) is 14.4 Å². The smallest absolute Gasteiger partial charge is 0.417 e. The Morgan fingerprint density at radius 3 is 1.93 bits per heavy atom. The van der Waals surface area contributed by atoms with E-state index >= 15 is 0 Å². The lowest BCUT2D eigenvalue weighted by Gasteiger charge is -2.37. The third kappa shape index (κ3) is 8.57. The number of nitrogens with zero attached hydrogens (tertiary/aromatic N) is 2. The molecule has 1 aliphatic rings. The Bertz CT molecular complexity index is 614. The van der Waals surface area contributed by atoms with Crippen molar-refractivity contribution in [2.75, 3.05) is 26.7 Å². The second kappa shape index (κ2) is 9.80. The minimum Gasteiger partial charge on any atom is -0.453 e. The molecule has 0 unspecified atom stereocenters. The quantitative estimate of drug-likeness (QED) is 0.704. The van der Waals surface area contributed by atoms with E-state index in [0.717, 1.165) is 4.90 Å². The number of alkyl carbamates (subject to hydrolysis) is 1. The van der Waals surface area contributed by atoms with Gasteiger partial charge in [-0.2, -0.15) is 0 Å². The fourth-order valence-corrected chi connectivity index (χ4v) is 2.75. The monoisotopic (exact) mass is 415 g/mol. The summed E-state index contributed by atoms with van der Waals surface area (Å²) in [6, 6.07) is -0.460. The minimum absolute atomic E-state index is 0.337. The van der Waals surface area contributed by atoms with Crippen molar-refractivity contribution in [2.45, 2.75) is 71.6 Å². The van der Waals surface area contributed by atoms with Crippen LogP contribution in [0.5, 0.6) is 0 Å². The summed E-state index contributed by atoms with van der Waals surface area (Å²) in [5, 5.41) is 2.37. The van der Waals surface area contributed by atoms with E-state index < -0.39 is 48.0 Å². The molecule has 1 N–H and O–H groups in total. The van der Waals surface area contributed by atoms with Crippen LogP contribution in [0, 0.1) is 0 Å². The number of hydrogen-bond acceptors (Lipinski definition) is 7. The second-order valence-electron chi connectivity index (χ2n) is 8.79. The van der Waals surface area contributed by atoms with E-state index in [1.54, 1.807) is 41.5 Å². The maximum atomic E-state index is 12.8. The number of likely N-dealkylation sites (tertiary alicyclic amines) is 1. The molecule has 0 aromatic heterocycles. The molecule has 0 aromatic carbocycles. The highest BCUT2D eigenvalue weighted by molar-refractivity contribution is 5.94. The molecule has 1 fully saturated rings. The van der Waals surface area contributed by atoms with Gasteiger partial charge in [0.05, 0.1) is 7.11 Å². The van der Waals surface area contributed by atoms with Gasteiger partial charge in [0.1, 0.15) is 17.7 Å². The van der Waals surface area contributed by atoms with E-state index in [-0.39, 0.29) is 0 Å². The van der Waals surface area contributed by atoms with E-state index in [1.807, 2.05) is 0 Å². The zero-order chi connectivity index (χ0) is 22.4. The van der Waals surface area contributed by atoms with Crippen molar-refractivity contribution in [1.82, 2.24) is 15.1 Å². The largest absolute Gasteiger partial charge is 0.453 e. The molecule has 0 aromatic rings. The highest BCUT2D eigenvalue weighted by atomic mass is 16.6. The standard InChI is InChI=1S/C19H33N3O7/c1-18(2,3)28-15(24)20-12-14(23)22(17(26)29-19(4,5)6)13-8-10-21(11-9-13)16(25)27-7/h13H,8-12H2,1-7H3,(H,20,24). The van der Waals surface area contributed by atoms with Crippen LogP contribution in [0.2, 0.25) is 0 Å². The Morgan fingerprint density at radius 1 is 0.966 bits per heavy atom. The van der Waals surface area contributed by atoms with Crippen LogP contribution >= 0.6 is 0 Å². The molecule has 4 amide bonds. The van der Waals surface area contributed by atoms with Crippen LogP contribution in [-0.4, -0.2) is 78.0 Å². The van der Waals surface area contributed by atoms with Gasteiger partial charge >= 0.3 is 18.3 Å². The first-order chi connectivity index (χ1) is 13.2. The molecule has 166 valence electrons. The minimum atomic E-state index is -0.791. The van der Waals surface area contributed by atoms with Crippen LogP contribution in [0.15, 0.2) is 0 Å². The molecule has 0 atom stereocenters. The van der Waals surface area contributed by atoms with E-state index in [2.05, 4.69) is 5.32 Å². The van der Waals surface area contributed by atoms with Crippen molar-refractivity contribution in [2.24, 2.45) is 0 Å². The first kappa shape index (κ1) is 24.5. The fourth-order valence-electron chi connectivity index (χ4n) is 2.75. The van der Waals surface area contributed by atoms with Crippen LogP contribution in [0.25, 0.3) is 0 Å². The number of rotatable bonds is 3. The fraction of sp³-hybridized carbons (Fsp3) is 0.789. The number of piperidine rings is 1. The molecule has 10 nitrogen and oxygen atoms in total. The van der Waals surface area contributed by atoms with Gasteiger partial charge < -0.3 is 24.4 Å². The molecule has 0 spiro atoms. The molecule has 1 heterocycles. The molecule has 0 aliphatic carbocycles. The lowest BCUT2D eigenvalue weighted by atomic mass is 10.0. The summed E-state index contributed by atoms with van der Waals surface area (Å²) in [4.78, 5) is 51.5. The second-order valence-corrected chi connectivity index (χ2v) is 8.79. The van der Waals surface area contributed by atoms with Crippen LogP contribution < -0.4 is 5.32 Å². The first-order valence-electron chi connectivity index (χ1n) is 9.58. The molecule has 29 heavy (non-hydrogen) atoms. The molecular weight excluding hydrogens is 382 g/mol. The number of amides is 4.